The van der Waals surface area contributed by atoms with Gasteiger partial charge in [-0.05, 0) is 89.9 Å². The first kappa shape index (κ1) is 68.1. The van der Waals surface area contributed by atoms with E-state index in [2.05, 4.69) is 124 Å². The highest BCUT2D eigenvalue weighted by Gasteiger charge is 2.50. The van der Waals surface area contributed by atoms with Crippen LogP contribution in [0.15, 0.2) is 122 Å². The molecule has 0 bridgehead atoms. The van der Waals surface area contributed by atoms with Crippen LogP contribution < -0.4 is 0 Å². The van der Waals surface area contributed by atoms with Crippen molar-refractivity contribution in [3.05, 3.63) is 122 Å². The number of carbonyl (C=O) groups is 4. The van der Waals surface area contributed by atoms with Gasteiger partial charge in [-0.1, -0.05) is 213 Å². The molecule has 12 heteroatoms. The average Bonchev–Trinajstić information content (AvgIpc) is 3.39. The topological polar surface area (TPSA) is 175 Å². The molecular weight excluding hydrogens is 949 g/mol. The molecule has 0 aromatic heterocycles. The van der Waals surface area contributed by atoms with Crippen molar-refractivity contribution < 1.29 is 58.2 Å². The molecule has 1 rings (SSSR count). The number of carboxylic acid groups (broad SMARTS) is 1. The van der Waals surface area contributed by atoms with Crippen LogP contribution in [0.5, 0.6) is 0 Å². The molecule has 1 saturated heterocycles. The largest absolute Gasteiger partial charge is 0.479 e. The molecule has 6 atom stereocenters. The molecule has 1 fully saturated rings. The summed E-state index contributed by atoms with van der Waals surface area (Å²) in [5.74, 6) is -3.34. The molecule has 1 heterocycles. The SMILES string of the molecule is CC/C=C\C/C=C\C/C=C\C/C=C\C/C=C\CCCCCC(=O)OC1C(OCC(COC(=O)C/C=C\C/C=C\C/C=C\C/C=C\C/C=C\CC)OC(=O)CCCCCCCCCCCCC)OC(C(=O)O)C(O)C1O. The maximum absolute atomic E-state index is 13.1. The maximum atomic E-state index is 13.1. The molecule has 12 nitrogen and oxygen atoms in total. The second kappa shape index (κ2) is 50.0. The molecule has 1 aliphatic heterocycles. The Hall–Kier alpha value is -4.88. The molecule has 0 aromatic carbocycles. The Balaban J connectivity index is 2.76. The number of aliphatic carboxylic acids is 1. The fraction of sp³-hybridized carbons (Fsp3) is 0.619. The van der Waals surface area contributed by atoms with Gasteiger partial charge in [0.25, 0.3) is 0 Å². The maximum Gasteiger partial charge on any atom is 0.335 e. The Morgan fingerprint density at radius 3 is 1.35 bits per heavy atom. The minimum atomic E-state index is -1.93. The Bertz CT molecular complexity index is 1770. The molecule has 0 aromatic rings. The van der Waals surface area contributed by atoms with Crippen LogP contribution >= 0.6 is 0 Å². The van der Waals surface area contributed by atoms with Crippen molar-refractivity contribution >= 4 is 23.9 Å². The third-order valence-electron chi connectivity index (χ3n) is 12.1. The second-order valence-corrected chi connectivity index (χ2v) is 18.8. The molecule has 0 spiro atoms. The van der Waals surface area contributed by atoms with E-state index in [9.17, 15) is 34.5 Å². The van der Waals surface area contributed by atoms with Crippen molar-refractivity contribution in [2.45, 2.75) is 237 Å². The lowest BCUT2D eigenvalue weighted by molar-refractivity contribution is -0.301. The number of aliphatic hydroxyl groups is 2. The van der Waals surface area contributed by atoms with E-state index in [0.29, 0.717) is 19.3 Å². The first-order valence-electron chi connectivity index (χ1n) is 28.5. The first-order valence-corrected chi connectivity index (χ1v) is 28.5. The van der Waals surface area contributed by atoms with E-state index < -0.39 is 67.3 Å². The van der Waals surface area contributed by atoms with Crippen LogP contribution in [0.25, 0.3) is 0 Å². The van der Waals surface area contributed by atoms with Crippen molar-refractivity contribution in [3.63, 3.8) is 0 Å². The average molecular weight is 1050 g/mol. The summed E-state index contributed by atoms with van der Waals surface area (Å²) in [7, 11) is 0. The van der Waals surface area contributed by atoms with Crippen molar-refractivity contribution in [1.29, 1.82) is 0 Å². The number of esters is 3. The Morgan fingerprint density at radius 1 is 0.467 bits per heavy atom. The van der Waals surface area contributed by atoms with Gasteiger partial charge in [-0.15, -0.1) is 0 Å². The van der Waals surface area contributed by atoms with E-state index in [1.165, 1.54) is 44.9 Å². The van der Waals surface area contributed by atoms with Gasteiger partial charge in [0, 0.05) is 12.8 Å². The predicted octanol–water partition coefficient (Wildman–Crippen LogP) is 14.4. The molecule has 422 valence electrons. The zero-order valence-electron chi connectivity index (χ0n) is 46.2. The number of allylic oxidation sites excluding steroid dienone is 19. The smallest absolute Gasteiger partial charge is 0.335 e. The molecule has 75 heavy (non-hydrogen) atoms. The van der Waals surface area contributed by atoms with Gasteiger partial charge in [0.1, 0.15) is 18.8 Å². The van der Waals surface area contributed by atoms with Crippen LogP contribution in [0.2, 0.25) is 0 Å². The number of carboxylic acids is 1. The lowest BCUT2D eigenvalue weighted by atomic mass is 9.98. The van der Waals surface area contributed by atoms with E-state index in [1.807, 2.05) is 12.2 Å². The van der Waals surface area contributed by atoms with Gasteiger partial charge in [-0.25, -0.2) is 4.79 Å². The minimum absolute atomic E-state index is 0.00713. The van der Waals surface area contributed by atoms with E-state index >= 15 is 0 Å². The zero-order chi connectivity index (χ0) is 54.7. The number of hydrogen-bond donors (Lipinski definition) is 3. The summed E-state index contributed by atoms with van der Waals surface area (Å²) in [6.07, 6.45) is 56.3. The van der Waals surface area contributed by atoms with Gasteiger partial charge in [0.15, 0.2) is 24.6 Å². The standard InChI is InChI=1S/C63H98O12/c1-4-7-10-13-16-19-22-24-26-27-28-29-31-33-36-39-42-45-48-51-57(66)74-61-59(68)58(67)60(62(69)70)75-63(61)72-53-54(73-56(65)50-47-44-41-38-34-21-18-15-12-9-6-3)52-71-55(64)49-46-43-40-37-35-32-30-25-23-20-17-14-11-8-5-2/h7-8,10-11,16-17,19-20,24-26,28-30,33,35-37,43,46,54,58-61,63,67-68H,4-6,9,12-15,18,21-23,27,31-32,34,38-42,44-45,47-53H2,1-3H3,(H,69,70)/b10-7-,11-8-,19-16-,20-17-,26-24-,29-28-,30-25-,36-33-,37-35-,46-43-. The Morgan fingerprint density at radius 2 is 0.880 bits per heavy atom. The van der Waals surface area contributed by atoms with Crippen LogP contribution in [-0.2, 0) is 42.9 Å². The van der Waals surface area contributed by atoms with Crippen molar-refractivity contribution in [1.82, 2.24) is 0 Å². The fourth-order valence-electron chi connectivity index (χ4n) is 7.76. The molecule has 0 radical (unpaired) electrons. The monoisotopic (exact) mass is 1050 g/mol. The number of unbranched alkanes of at least 4 members (excludes halogenated alkanes) is 13. The number of hydrogen-bond acceptors (Lipinski definition) is 11. The summed E-state index contributed by atoms with van der Waals surface area (Å²) in [4.78, 5) is 50.9. The van der Waals surface area contributed by atoms with E-state index in [1.54, 1.807) is 6.08 Å². The first-order chi connectivity index (χ1) is 36.6. The molecule has 0 amide bonds. The molecule has 0 aliphatic carbocycles. The van der Waals surface area contributed by atoms with Crippen molar-refractivity contribution in [3.8, 4) is 0 Å². The van der Waals surface area contributed by atoms with Crippen LogP contribution in [0.1, 0.15) is 201 Å². The molecule has 1 aliphatic rings. The summed E-state index contributed by atoms with van der Waals surface area (Å²) in [6, 6.07) is 0. The van der Waals surface area contributed by atoms with Gasteiger partial charge in [-0.3, -0.25) is 14.4 Å². The van der Waals surface area contributed by atoms with Crippen molar-refractivity contribution in [2.24, 2.45) is 0 Å². The molecule has 0 saturated carbocycles. The summed E-state index contributed by atoms with van der Waals surface area (Å²) in [5, 5.41) is 31.4. The summed E-state index contributed by atoms with van der Waals surface area (Å²) < 4.78 is 28.2. The fourth-order valence-corrected chi connectivity index (χ4v) is 7.76. The van der Waals surface area contributed by atoms with Crippen molar-refractivity contribution in [2.75, 3.05) is 13.2 Å². The van der Waals surface area contributed by atoms with Crippen LogP contribution in [0.3, 0.4) is 0 Å². The third-order valence-corrected chi connectivity index (χ3v) is 12.1. The highest BCUT2D eigenvalue weighted by molar-refractivity contribution is 5.74. The normalized spacial score (nSPS) is 19.1. The highest BCUT2D eigenvalue weighted by atomic mass is 16.7. The Labute approximate surface area is 452 Å². The lowest BCUT2D eigenvalue weighted by Crippen LogP contribution is -2.61. The quantitative estimate of drug-likeness (QED) is 0.0228. The Kier molecular flexibility index (Phi) is 45.4. The predicted molar refractivity (Wildman–Crippen MR) is 303 cm³/mol. The molecular formula is C63H98O12. The van der Waals surface area contributed by atoms with E-state index in [-0.39, 0.29) is 25.9 Å². The number of rotatable bonds is 46. The van der Waals surface area contributed by atoms with Gasteiger partial charge >= 0.3 is 23.9 Å². The van der Waals surface area contributed by atoms with E-state index in [4.69, 9.17) is 23.7 Å². The highest BCUT2D eigenvalue weighted by Crippen LogP contribution is 2.26. The van der Waals surface area contributed by atoms with Crippen LogP contribution in [0.4, 0.5) is 0 Å². The van der Waals surface area contributed by atoms with Gasteiger partial charge in [0.2, 0.25) is 0 Å². The van der Waals surface area contributed by atoms with Crippen LogP contribution in [0, 0.1) is 0 Å². The number of carbonyl (C=O) groups excluding carboxylic acids is 3. The minimum Gasteiger partial charge on any atom is -0.479 e. The van der Waals surface area contributed by atoms with Crippen LogP contribution in [-0.4, -0.2) is 89.2 Å². The number of ether oxygens (including phenoxy) is 5. The summed E-state index contributed by atoms with van der Waals surface area (Å²) in [5.41, 5.74) is 0. The molecule has 6 unspecified atom stereocenters. The number of aliphatic hydroxyl groups excluding tert-OH is 2. The summed E-state index contributed by atoms with van der Waals surface area (Å²) in [6.45, 7) is 5.63. The van der Waals surface area contributed by atoms with Gasteiger partial charge in [0.05, 0.1) is 13.0 Å². The second-order valence-electron chi connectivity index (χ2n) is 18.8. The van der Waals surface area contributed by atoms with Gasteiger partial charge < -0.3 is 39.0 Å². The summed E-state index contributed by atoms with van der Waals surface area (Å²) >= 11 is 0. The molecule has 3 N–H and O–H groups in total. The third kappa shape index (κ3) is 40.1. The van der Waals surface area contributed by atoms with E-state index in [0.717, 1.165) is 96.3 Å². The zero-order valence-corrected chi connectivity index (χ0v) is 46.2. The van der Waals surface area contributed by atoms with Gasteiger partial charge in [-0.2, -0.15) is 0 Å². The lowest BCUT2D eigenvalue weighted by Gasteiger charge is -2.40.